The van der Waals surface area contributed by atoms with Crippen molar-refractivity contribution in [3.63, 3.8) is 0 Å². The lowest BCUT2D eigenvalue weighted by atomic mass is 10.2. The molecule has 132 valence electrons. The average molecular weight is 360 g/mol. The molecule has 2 aliphatic rings. The van der Waals surface area contributed by atoms with E-state index in [-0.39, 0.29) is 12.5 Å². The van der Waals surface area contributed by atoms with Crippen molar-refractivity contribution in [2.45, 2.75) is 0 Å². The Morgan fingerprint density at radius 1 is 1.16 bits per heavy atom. The number of thioether (sulfide) groups is 1. The molecule has 8 heteroatoms. The Bertz CT molecular complexity index is 699. The van der Waals surface area contributed by atoms with E-state index >= 15 is 0 Å². The van der Waals surface area contributed by atoms with Crippen LogP contribution in [0.15, 0.2) is 35.2 Å². The monoisotopic (exact) mass is 360 g/mol. The van der Waals surface area contributed by atoms with Crippen LogP contribution in [0.4, 0.5) is 4.79 Å². The first kappa shape index (κ1) is 17.7. The van der Waals surface area contributed by atoms with Gasteiger partial charge in [0.1, 0.15) is 6.54 Å². The lowest BCUT2D eigenvalue weighted by molar-refractivity contribution is -0.132. The first-order valence-corrected chi connectivity index (χ1v) is 8.88. The molecule has 2 saturated heterocycles. The van der Waals surface area contributed by atoms with Crippen molar-refractivity contribution in [2.24, 2.45) is 0 Å². The van der Waals surface area contributed by atoms with Crippen molar-refractivity contribution >= 4 is 34.9 Å². The molecule has 0 saturated carbocycles. The fourth-order valence-electron chi connectivity index (χ4n) is 2.61. The zero-order chi connectivity index (χ0) is 17.8. The number of carbonyl (C=O) groups excluding carboxylic acids is 3. The van der Waals surface area contributed by atoms with Crippen LogP contribution < -0.4 is 5.43 Å². The molecule has 1 aromatic rings. The van der Waals surface area contributed by atoms with Gasteiger partial charge in [-0.2, -0.15) is 0 Å². The van der Waals surface area contributed by atoms with Crippen molar-refractivity contribution in [1.82, 2.24) is 20.2 Å². The Morgan fingerprint density at radius 2 is 1.84 bits per heavy atom. The lowest BCUT2D eigenvalue weighted by Gasteiger charge is -2.32. The molecule has 2 heterocycles. The molecule has 2 fully saturated rings. The fraction of sp³-hybridized carbons (Fsp3) is 0.353. The van der Waals surface area contributed by atoms with Gasteiger partial charge in [-0.3, -0.25) is 24.7 Å². The van der Waals surface area contributed by atoms with Gasteiger partial charge in [0, 0.05) is 26.2 Å². The third kappa shape index (κ3) is 4.47. The molecular formula is C17H20N4O3S. The number of benzene rings is 1. The standard InChI is InChI=1S/C17H20N4O3S/c1-19-7-9-20(10-8-19)18-15(22)12-21-16(23)14(25-17(21)24)11-13-5-3-2-4-6-13/h2-6,11H,7-10,12H2,1H3,(H,18,22)/b14-11-. The minimum absolute atomic E-state index is 0.261. The Kier molecular flexibility index (Phi) is 5.52. The van der Waals surface area contributed by atoms with Crippen LogP contribution in [0.3, 0.4) is 0 Å². The molecule has 3 amide bonds. The molecule has 2 aliphatic heterocycles. The van der Waals surface area contributed by atoms with Crippen LogP contribution in [-0.4, -0.2) is 71.6 Å². The van der Waals surface area contributed by atoms with Gasteiger partial charge < -0.3 is 4.90 Å². The second kappa shape index (κ2) is 7.81. The van der Waals surface area contributed by atoms with Gasteiger partial charge in [-0.05, 0) is 30.4 Å². The quantitative estimate of drug-likeness (QED) is 0.808. The molecule has 0 radical (unpaired) electrons. The van der Waals surface area contributed by atoms with Gasteiger partial charge in [0.05, 0.1) is 4.91 Å². The molecule has 1 N–H and O–H groups in total. The van der Waals surface area contributed by atoms with Crippen LogP contribution in [-0.2, 0) is 9.59 Å². The summed E-state index contributed by atoms with van der Waals surface area (Å²) in [5.74, 6) is -0.778. The minimum atomic E-state index is -0.424. The zero-order valence-corrected chi connectivity index (χ0v) is 14.8. The first-order valence-electron chi connectivity index (χ1n) is 8.06. The predicted octanol–water partition coefficient (Wildman–Crippen LogP) is 1.00. The van der Waals surface area contributed by atoms with Crippen molar-refractivity contribution in [3.8, 4) is 0 Å². The number of likely N-dealkylation sites (N-methyl/N-ethyl adjacent to an activating group) is 1. The summed E-state index contributed by atoms with van der Waals surface area (Å²) < 4.78 is 0. The summed E-state index contributed by atoms with van der Waals surface area (Å²) in [6.45, 7) is 2.91. The molecular weight excluding hydrogens is 340 g/mol. The molecule has 0 aliphatic carbocycles. The highest BCUT2D eigenvalue weighted by molar-refractivity contribution is 8.18. The van der Waals surface area contributed by atoms with Crippen molar-refractivity contribution in [1.29, 1.82) is 0 Å². The van der Waals surface area contributed by atoms with E-state index in [1.54, 1.807) is 6.08 Å². The Hall–Kier alpha value is -2.16. The molecule has 0 aromatic heterocycles. The molecule has 0 spiro atoms. The number of nitrogens with one attached hydrogen (secondary N) is 1. The van der Waals surface area contributed by atoms with Crippen LogP contribution in [0.25, 0.3) is 6.08 Å². The molecule has 0 atom stereocenters. The fourth-order valence-corrected chi connectivity index (χ4v) is 3.45. The minimum Gasteiger partial charge on any atom is -0.304 e. The largest absolute Gasteiger partial charge is 0.304 e. The molecule has 7 nitrogen and oxygen atoms in total. The summed E-state index contributed by atoms with van der Waals surface area (Å²) in [6, 6.07) is 9.31. The summed E-state index contributed by atoms with van der Waals surface area (Å²) in [5, 5.41) is 1.40. The number of rotatable bonds is 4. The number of amides is 3. The maximum atomic E-state index is 12.4. The topological polar surface area (TPSA) is 73.0 Å². The molecule has 25 heavy (non-hydrogen) atoms. The first-order chi connectivity index (χ1) is 12.0. The van der Waals surface area contributed by atoms with E-state index in [1.165, 1.54) is 0 Å². The number of piperazine rings is 1. The number of carbonyl (C=O) groups is 3. The Morgan fingerprint density at radius 3 is 2.52 bits per heavy atom. The van der Waals surface area contributed by atoms with Crippen LogP contribution in [0.2, 0.25) is 0 Å². The Labute approximate surface area is 150 Å². The molecule has 1 aromatic carbocycles. The van der Waals surface area contributed by atoms with Crippen molar-refractivity contribution in [2.75, 3.05) is 39.8 Å². The number of hydrazine groups is 1. The van der Waals surface area contributed by atoms with E-state index < -0.39 is 11.1 Å². The van der Waals surface area contributed by atoms with E-state index in [0.717, 1.165) is 48.4 Å². The van der Waals surface area contributed by atoms with Crippen LogP contribution in [0.5, 0.6) is 0 Å². The summed E-state index contributed by atoms with van der Waals surface area (Å²) in [5.41, 5.74) is 3.61. The normalized spacial score (nSPS) is 21.2. The van der Waals surface area contributed by atoms with Gasteiger partial charge in [-0.1, -0.05) is 30.3 Å². The highest BCUT2D eigenvalue weighted by Crippen LogP contribution is 2.31. The number of nitrogens with zero attached hydrogens (tertiary/aromatic N) is 3. The van der Waals surface area contributed by atoms with Gasteiger partial charge in [0.15, 0.2) is 0 Å². The van der Waals surface area contributed by atoms with Crippen LogP contribution >= 0.6 is 11.8 Å². The zero-order valence-electron chi connectivity index (χ0n) is 14.0. The van der Waals surface area contributed by atoms with E-state index in [9.17, 15) is 14.4 Å². The number of hydrogen-bond donors (Lipinski definition) is 1. The second-order valence-electron chi connectivity index (χ2n) is 6.00. The third-order valence-electron chi connectivity index (χ3n) is 4.06. The number of imide groups is 1. The average Bonchev–Trinajstić information content (AvgIpc) is 2.85. The second-order valence-corrected chi connectivity index (χ2v) is 7.00. The van der Waals surface area contributed by atoms with E-state index in [2.05, 4.69) is 10.3 Å². The van der Waals surface area contributed by atoms with Gasteiger partial charge in [-0.15, -0.1) is 0 Å². The van der Waals surface area contributed by atoms with E-state index in [1.807, 2.05) is 42.4 Å². The lowest BCUT2D eigenvalue weighted by Crippen LogP contribution is -2.54. The summed E-state index contributed by atoms with van der Waals surface area (Å²) in [4.78, 5) is 40.2. The van der Waals surface area contributed by atoms with Crippen LogP contribution in [0, 0.1) is 0 Å². The third-order valence-corrected chi connectivity index (χ3v) is 4.97. The van der Waals surface area contributed by atoms with Crippen molar-refractivity contribution in [3.05, 3.63) is 40.8 Å². The van der Waals surface area contributed by atoms with Gasteiger partial charge in [0.2, 0.25) is 0 Å². The Balaban J connectivity index is 1.59. The van der Waals surface area contributed by atoms with Gasteiger partial charge in [-0.25, -0.2) is 5.01 Å². The highest BCUT2D eigenvalue weighted by Gasteiger charge is 2.36. The smallest absolute Gasteiger partial charge is 0.294 e. The molecule has 0 unspecified atom stereocenters. The van der Waals surface area contributed by atoms with Crippen LogP contribution in [0.1, 0.15) is 5.56 Å². The van der Waals surface area contributed by atoms with Crippen molar-refractivity contribution < 1.29 is 14.4 Å². The summed E-state index contributed by atoms with van der Waals surface area (Å²) >= 11 is 0.863. The summed E-state index contributed by atoms with van der Waals surface area (Å²) in [7, 11) is 2.03. The van der Waals surface area contributed by atoms with E-state index in [4.69, 9.17) is 0 Å². The summed E-state index contributed by atoms with van der Waals surface area (Å²) in [6.07, 6.45) is 1.67. The number of hydrogen-bond acceptors (Lipinski definition) is 6. The SMILES string of the molecule is CN1CCN(NC(=O)CN2C(=O)S/C(=C\c3ccccc3)C2=O)CC1. The molecule has 0 bridgehead atoms. The predicted molar refractivity (Wildman–Crippen MR) is 96.3 cm³/mol. The maximum absolute atomic E-state index is 12.4. The van der Waals surface area contributed by atoms with E-state index in [0.29, 0.717) is 4.91 Å². The maximum Gasteiger partial charge on any atom is 0.294 e. The van der Waals surface area contributed by atoms with Gasteiger partial charge >= 0.3 is 0 Å². The highest BCUT2D eigenvalue weighted by atomic mass is 32.2. The molecule has 3 rings (SSSR count). The van der Waals surface area contributed by atoms with Gasteiger partial charge in [0.25, 0.3) is 17.1 Å².